The molecule has 0 aliphatic rings. The summed E-state index contributed by atoms with van der Waals surface area (Å²) < 4.78 is 11.9. The van der Waals surface area contributed by atoms with Gasteiger partial charge in [-0.15, -0.1) is 11.3 Å². The van der Waals surface area contributed by atoms with Crippen molar-refractivity contribution in [1.29, 1.82) is 0 Å². The fourth-order valence-electron chi connectivity index (χ4n) is 0.945. The van der Waals surface area contributed by atoms with Crippen LogP contribution in [0, 0.1) is 0 Å². The predicted octanol–water partition coefficient (Wildman–Crippen LogP) is 3.45. The van der Waals surface area contributed by atoms with Crippen LogP contribution >= 0.6 is 27.3 Å². The molecule has 1 heterocycles. The molecule has 1 rings (SSSR count). The number of ether oxygens (including phenoxy) is 2. The molecule has 0 unspecified atom stereocenters. The third kappa shape index (κ3) is 5.10. The Hall–Kier alpha value is 0.1000. The molecule has 80 valence electrons. The van der Waals surface area contributed by atoms with Gasteiger partial charge in [0.2, 0.25) is 0 Å². The van der Waals surface area contributed by atoms with E-state index in [2.05, 4.69) is 27.4 Å². The summed E-state index contributed by atoms with van der Waals surface area (Å²) in [6.07, 6.45) is 0.287. The van der Waals surface area contributed by atoms with Crippen LogP contribution in [0.15, 0.2) is 15.9 Å². The number of hydrogen-bond acceptors (Lipinski definition) is 3. The van der Waals surface area contributed by atoms with Crippen LogP contribution in [0.2, 0.25) is 0 Å². The molecule has 1 aromatic rings. The predicted molar refractivity (Wildman–Crippen MR) is 62.8 cm³/mol. The summed E-state index contributed by atoms with van der Waals surface area (Å²) in [5.74, 6) is 0. The average molecular weight is 279 g/mol. The van der Waals surface area contributed by atoms with Gasteiger partial charge in [-0.1, -0.05) is 0 Å². The monoisotopic (exact) mass is 278 g/mol. The third-order valence-electron chi connectivity index (χ3n) is 1.54. The summed E-state index contributed by atoms with van der Waals surface area (Å²) in [6, 6.07) is 2.08. The van der Waals surface area contributed by atoms with E-state index in [1.54, 1.807) is 11.3 Å². The third-order valence-corrected chi connectivity index (χ3v) is 3.22. The van der Waals surface area contributed by atoms with Crippen molar-refractivity contribution in [1.82, 2.24) is 0 Å². The Bertz CT molecular complexity index is 260. The van der Waals surface area contributed by atoms with Gasteiger partial charge in [-0.2, -0.15) is 0 Å². The van der Waals surface area contributed by atoms with Crippen molar-refractivity contribution in [2.45, 2.75) is 26.6 Å². The van der Waals surface area contributed by atoms with Crippen molar-refractivity contribution in [3.8, 4) is 0 Å². The standard InChI is InChI=1S/C10H15BrO2S/c1-8(2)13-4-3-12-6-10-5-9(11)7-14-10/h5,7-8H,3-4,6H2,1-2H3. The molecule has 0 spiro atoms. The SMILES string of the molecule is CC(C)OCCOCc1cc(Br)cs1. The van der Waals surface area contributed by atoms with E-state index in [0.29, 0.717) is 19.8 Å². The molecule has 14 heavy (non-hydrogen) atoms. The molecule has 0 fully saturated rings. The van der Waals surface area contributed by atoms with E-state index in [-0.39, 0.29) is 6.10 Å². The minimum atomic E-state index is 0.287. The zero-order valence-electron chi connectivity index (χ0n) is 8.46. The van der Waals surface area contributed by atoms with Crippen LogP contribution in [0.4, 0.5) is 0 Å². The second-order valence-corrected chi connectivity index (χ2v) is 5.11. The molecule has 0 amide bonds. The van der Waals surface area contributed by atoms with E-state index in [9.17, 15) is 0 Å². The molecule has 0 saturated carbocycles. The van der Waals surface area contributed by atoms with Gasteiger partial charge < -0.3 is 9.47 Å². The van der Waals surface area contributed by atoms with Gasteiger partial charge in [-0.05, 0) is 35.8 Å². The quantitative estimate of drug-likeness (QED) is 0.742. The van der Waals surface area contributed by atoms with Crippen LogP contribution in [0.1, 0.15) is 18.7 Å². The van der Waals surface area contributed by atoms with Crippen LogP contribution < -0.4 is 0 Å². The smallest absolute Gasteiger partial charge is 0.0810 e. The highest BCUT2D eigenvalue weighted by molar-refractivity contribution is 9.10. The maximum atomic E-state index is 5.45. The van der Waals surface area contributed by atoms with Crippen molar-refractivity contribution in [3.63, 3.8) is 0 Å². The lowest BCUT2D eigenvalue weighted by Crippen LogP contribution is -2.09. The number of rotatable bonds is 6. The summed E-state index contributed by atoms with van der Waals surface area (Å²) in [4.78, 5) is 1.24. The molecule has 2 nitrogen and oxygen atoms in total. The van der Waals surface area contributed by atoms with Crippen molar-refractivity contribution >= 4 is 27.3 Å². The van der Waals surface area contributed by atoms with Gasteiger partial charge in [0, 0.05) is 14.7 Å². The van der Waals surface area contributed by atoms with E-state index in [1.807, 2.05) is 13.8 Å². The van der Waals surface area contributed by atoms with E-state index >= 15 is 0 Å². The van der Waals surface area contributed by atoms with Crippen molar-refractivity contribution in [2.75, 3.05) is 13.2 Å². The summed E-state index contributed by atoms with van der Waals surface area (Å²) in [5, 5.41) is 2.06. The van der Waals surface area contributed by atoms with Crippen molar-refractivity contribution in [2.24, 2.45) is 0 Å². The average Bonchev–Trinajstić information content (AvgIpc) is 2.50. The number of halogens is 1. The second kappa shape index (κ2) is 6.56. The minimum absolute atomic E-state index is 0.287. The summed E-state index contributed by atoms with van der Waals surface area (Å²) in [5.41, 5.74) is 0. The van der Waals surface area contributed by atoms with Gasteiger partial charge in [0.1, 0.15) is 0 Å². The van der Waals surface area contributed by atoms with E-state index in [4.69, 9.17) is 9.47 Å². The van der Waals surface area contributed by atoms with E-state index < -0.39 is 0 Å². The van der Waals surface area contributed by atoms with Gasteiger partial charge in [0.05, 0.1) is 25.9 Å². The topological polar surface area (TPSA) is 18.5 Å². The molecule has 0 N–H and O–H groups in total. The molecule has 1 aromatic heterocycles. The molecule has 4 heteroatoms. The molecule has 0 aromatic carbocycles. The largest absolute Gasteiger partial charge is 0.376 e. The molecule has 0 bridgehead atoms. The first-order chi connectivity index (χ1) is 6.68. The van der Waals surface area contributed by atoms with Crippen molar-refractivity contribution < 1.29 is 9.47 Å². The van der Waals surface area contributed by atoms with Crippen LogP contribution in [0.5, 0.6) is 0 Å². The molecule has 0 aliphatic heterocycles. The van der Waals surface area contributed by atoms with Crippen LogP contribution in [-0.4, -0.2) is 19.3 Å². The zero-order chi connectivity index (χ0) is 10.4. The Morgan fingerprint density at radius 1 is 1.43 bits per heavy atom. The Morgan fingerprint density at radius 3 is 2.79 bits per heavy atom. The van der Waals surface area contributed by atoms with Gasteiger partial charge >= 0.3 is 0 Å². The second-order valence-electron chi connectivity index (χ2n) is 3.20. The summed E-state index contributed by atoms with van der Waals surface area (Å²) >= 11 is 5.11. The number of thiophene rings is 1. The van der Waals surface area contributed by atoms with Gasteiger partial charge in [0.15, 0.2) is 0 Å². The van der Waals surface area contributed by atoms with E-state index in [0.717, 1.165) is 4.47 Å². The lowest BCUT2D eigenvalue weighted by molar-refractivity contribution is 0.0149. The lowest BCUT2D eigenvalue weighted by Gasteiger charge is -2.07. The van der Waals surface area contributed by atoms with Crippen LogP contribution in [-0.2, 0) is 16.1 Å². The summed E-state index contributed by atoms with van der Waals surface area (Å²) in [6.45, 7) is 6.06. The Kier molecular flexibility index (Phi) is 5.70. The van der Waals surface area contributed by atoms with E-state index in [1.165, 1.54) is 4.88 Å². The van der Waals surface area contributed by atoms with Gasteiger partial charge in [-0.3, -0.25) is 0 Å². The maximum Gasteiger partial charge on any atom is 0.0810 e. The fourth-order valence-corrected chi connectivity index (χ4v) is 2.33. The summed E-state index contributed by atoms with van der Waals surface area (Å²) in [7, 11) is 0. The van der Waals surface area contributed by atoms with Gasteiger partial charge in [0.25, 0.3) is 0 Å². The van der Waals surface area contributed by atoms with Gasteiger partial charge in [-0.25, -0.2) is 0 Å². The van der Waals surface area contributed by atoms with Crippen molar-refractivity contribution in [3.05, 3.63) is 20.8 Å². The molecule has 0 aliphatic carbocycles. The Balaban J connectivity index is 2.04. The Labute approximate surface area is 97.4 Å². The normalized spacial score (nSPS) is 11.1. The lowest BCUT2D eigenvalue weighted by atomic mass is 10.5. The fraction of sp³-hybridized carbons (Fsp3) is 0.600. The molecule has 0 atom stereocenters. The molecular formula is C10H15BrO2S. The molecular weight excluding hydrogens is 264 g/mol. The van der Waals surface area contributed by atoms with Crippen LogP contribution in [0.3, 0.4) is 0 Å². The minimum Gasteiger partial charge on any atom is -0.376 e. The van der Waals surface area contributed by atoms with Crippen LogP contribution in [0.25, 0.3) is 0 Å². The maximum absolute atomic E-state index is 5.45. The highest BCUT2D eigenvalue weighted by Gasteiger charge is 1.98. The highest BCUT2D eigenvalue weighted by atomic mass is 79.9. The zero-order valence-corrected chi connectivity index (χ0v) is 10.9. The number of hydrogen-bond donors (Lipinski definition) is 0. The highest BCUT2D eigenvalue weighted by Crippen LogP contribution is 2.20. The first-order valence-electron chi connectivity index (χ1n) is 4.60. The first-order valence-corrected chi connectivity index (χ1v) is 6.28. The molecule has 0 saturated heterocycles. The first kappa shape index (κ1) is 12.2. The molecule has 0 radical (unpaired) electrons. The Morgan fingerprint density at radius 2 is 2.21 bits per heavy atom.